The number of hydrogen-bond donors (Lipinski definition) is 1. The molecule has 9 heteroatoms. The molecular formula is C35H47N7O2. The standard InChI is InChI=1S/C35H47N7O2/c1-8-9-18-40(4)19-12-15-35(43)38-30-22-26(33(44-7)24-32(30)41(5)21-20-39(2)3)23-34-36-17-16-29(37-34)28-25-42(6)31-14-11-10-13-27(28)31/h10-17,22,24-25H,8-9,18-21,23H2,1-7H3,(H,38,43)/b15-12+. The third kappa shape index (κ3) is 8.45. The molecule has 9 nitrogen and oxygen atoms in total. The third-order valence-electron chi connectivity index (χ3n) is 7.76. The number of fused-ring (bicyclic) bond motifs is 1. The van der Waals surface area contributed by atoms with Gasteiger partial charge < -0.3 is 29.3 Å². The van der Waals surface area contributed by atoms with Gasteiger partial charge in [0.15, 0.2) is 0 Å². The van der Waals surface area contributed by atoms with E-state index in [4.69, 9.17) is 9.72 Å². The zero-order chi connectivity index (χ0) is 31.6. The molecule has 0 bridgehead atoms. The second-order valence-corrected chi connectivity index (χ2v) is 11.6. The topological polar surface area (TPSA) is 78.8 Å². The van der Waals surface area contributed by atoms with Crippen molar-refractivity contribution in [3.8, 4) is 17.0 Å². The molecule has 0 spiro atoms. The van der Waals surface area contributed by atoms with Crippen molar-refractivity contribution in [2.24, 2.45) is 7.05 Å². The van der Waals surface area contributed by atoms with Crippen LogP contribution in [-0.4, -0.2) is 91.7 Å². The van der Waals surface area contributed by atoms with E-state index in [1.54, 1.807) is 19.4 Å². The van der Waals surface area contributed by atoms with Gasteiger partial charge in [0, 0.05) is 86.7 Å². The molecule has 1 N–H and O–H groups in total. The van der Waals surface area contributed by atoms with Gasteiger partial charge in [-0.2, -0.15) is 0 Å². The van der Waals surface area contributed by atoms with E-state index < -0.39 is 0 Å². The Balaban J connectivity index is 1.63. The summed E-state index contributed by atoms with van der Waals surface area (Å²) >= 11 is 0. The Morgan fingerprint density at radius 1 is 1.07 bits per heavy atom. The van der Waals surface area contributed by atoms with Crippen molar-refractivity contribution >= 4 is 28.2 Å². The Hall–Kier alpha value is -4.21. The molecule has 2 aromatic heterocycles. The van der Waals surface area contributed by atoms with E-state index >= 15 is 0 Å². The van der Waals surface area contributed by atoms with Gasteiger partial charge in [-0.25, -0.2) is 9.97 Å². The van der Waals surface area contributed by atoms with Crippen molar-refractivity contribution in [1.29, 1.82) is 0 Å². The number of amides is 1. The Morgan fingerprint density at radius 3 is 2.61 bits per heavy atom. The maximum absolute atomic E-state index is 13.1. The van der Waals surface area contributed by atoms with Crippen LogP contribution in [0, 0.1) is 0 Å². The summed E-state index contributed by atoms with van der Waals surface area (Å²) in [6.45, 7) is 5.57. The van der Waals surface area contributed by atoms with Crippen LogP contribution in [0.3, 0.4) is 0 Å². The van der Waals surface area contributed by atoms with Crippen molar-refractivity contribution in [1.82, 2.24) is 24.3 Å². The van der Waals surface area contributed by atoms with Gasteiger partial charge in [-0.05, 0) is 52.3 Å². The highest BCUT2D eigenvalue weighted by atomic mass is 16.5. The van der Waals surface area contributed by atoms with Gasteiger partial charge in [0.05, 0.1) is 24.2 Å². The number of aryl methyl sites for hydroxylation is 1. The second-order valence-electron chi connectivity index (χ2n) is 11.6. The number of methoxy groups -OCH3 is 1. The van der Waals surface area contributed by atoms with Crippen molar-refractivity contribution < 1.29 is 9.53 Å². The molecule has 0 fully saturated rings. The minimum Gasteiger partial charge on any atom is -0.496 e. The van der Waals surface area contributed by atoms with Crippen LogP contribution < -0.4 is 15.0 Å². The minimum atomic E-state index is -0.165. The van der Waals surface area contributed by atoms with E-state index in [2.05, 4.69) is 76.0 Å². The number of benzene rings is 2. The predicted molar refractivity (Wildman–Crippen MR) is 182 cm³/mol. The highest BCUT2D eigenvalue weighted by molar-refractivity contribution is 6.02. The summed E-state index contributed by atoms with van der Waals surface area (Å²) in [6, 6.07) is 14.3. The second kappa shape index (κ2) is 15.5. The average molecular weight is 598 g/mol. The van der Waals surface area contributed by atoms with Crippen LogP contribution in [0.15, 0.2) is 67.0 Å². The van der Waals surface area contributed by atoms with Gasteiger partial charge in [0.25, 0.3) is 0 Å². The fourth-order valence-corrected chi connectivity index (χ4v) is 5.21. The van der Waals surface area contributed by atoms with Gasteiger partial charge in [-0.1, -0.05) is 37.6 Å². The Labute approximate surface area is 262 Å². The average Bonchev–Trinajstić information content (AvgIpc) is 3.35. The molecule has 0 aliphatic rings. The number of ether oxygens (including phenoxy) is 1. The van der Waals surface area contributed by atoms with E-state index in [0.717, 1.165) is 83.9 Å². The number of carbonyl (C=O) groups excluding carboxylic acids is 1. The van der Waals surface area contributed by atoms with E-state index in [0.29, 0.717) is 12.2 Å². The first-order valence-electron chi connectivity index (χ1n) is 15.3. The van der Waals surface area contributed by atoms with Crippen LogP contribution in [0.5, 0.6) is 5.75 Å². The molecule has 2 heterocycles. The highest BCUT2D eigenvalue weighted by Gasteiger charge is 2.18. The van der Waals surface area contributed by atoms with E-state index in [9.17, 15) is 4.79 Å². The maximum atomic E-state index is 13.1. The lowest BCUT2D eigenvalue weighted by Gasteiger charge is -2.26. The number of aromatic nitrogens is 3. The number of nitrogens with one attached hydrogen (secondary N) is 1. The van der Waals surface area contributed by atoms with Crippen LogP contribution in [0.25, 0.3) is 22.2 Å². The van der Waals surface area contributed by atoms with Gasteiger partial charge in [0.1, 0.15) is 11.6 Å². The molecule has 4 rings (SSSR count). The molecule has 4 aromatic rings. The van der Waals surface area contributed by atoms with Gasteiger partial charge >= 0.3 is 0 Å². The summed E-state index contributed by atoms with van der Waals surface area (Å²) in [5, 5.41) is 4.28. The molecule has 0 aliphatic carbocycles. The zero-order valence-corrected chi connectivity index (χ0v) is 27.3. The summed E-state index contributed by atoms with van der Waals surface area (Å²) in [5.41, 5.74) is 5.59. The lowest BCUT2D eigenvalue weighted by atomic mass is 10.1. The first-order valence-corrected chi connectivity index (χ1v) is 15.3. The predicted octanol–water partition coefficient (Wildman–Crippen LogP) is 5.46. The molecular weight excluding hydrogens is 550 g/mol. The normalized spacial score (nSPS) is 11.7. The summed E-state index contributed by atoms with van der Waals surface area (Å²) in [4.78, 5) is 29.1. The fourth-order valence-electron chi connectivity index (χ4n) is 5.21. The van der Waals surface area contributed by atoms with Gasteiger partial charge in [-0.15, -0.1) is 0 Å². The molecule has 0 radical (unpaired) electrons. The van der Waals surface area contributed by atoms with Crippen LogP contribution in [0.1, 0.15) is 31.2 Å². The highest BCUT2D eigenvalue weighted by Crippen LogP contribution is 2.35. The number of hydrogen-bond acceptors (Lipinski definition) is 7. The molecule has 2 aromatic carbocycles. The summed E-state index contributed by atoms with van der Waals surface area (Å²) in [7, 11) is 11.9. The lowest BCUT2D eigenvalue weighted by Crippen LogP contribution is -2.29. The van der Waals surface area contributed by atoms with Crippen molar-refractivity contribution in [2.75, 3.05) is 71.7 Å². The molecule has 44 heavy (non-hydrogen) atoms. The number of unbranched alkanes of at least 4 members (excludes halogenated alkanes) is 1. The monoisotopic (exact) mass is 597 g/mol. The van der Waals surface area contributed by atoms with E-state index in [1.807, 2.05) is 50.5 Å². The first-order chi connectivity index (χ1) is 21.2. The van der Waals surface area contributed by atoms with Crippen molar-refractivity contribution in [3.63, 3.8) is 0 Å². The molecule has 0 saturated carbocycles. The largest absolute Gasteiger partial charge is 0.496 e. The Bertz CT molecular complexity index is 1580. The van der Waals surface area contributed by atoms with Gasteiger partial charge in [0.2, 0.25) is 5.91 Å². The summed E-state index contributed by atoms with van der Waals surface area (Å²) < 4.78 is 7.98. The fraction of sp³-hybridized carbons (Fsp3) is 0.400. The molecule has 0 atom stereocenters. The smallest absolute Gasteiger partial charge is 0.248 e. The Morgan fingerprint density at radius 2 is 1.86 bits per heavy atom. The Kier molecular flexibility index (Phi) is 11.5. The molecule has 0 aliphatic heterocycles. The third-order valence-corrected chi connectivity index (χ3v) is 7.76. The van der Waals surface area contributed by atoms with E-state index in [1.165, 1.54) is 0 Å². The van der Waals surface area contributed by atoms with Crippen molar-refractivity contribution in [3.05, 3.63) is 78.4 Å². The summed E-state index contributed by atoms with van der Waals surface area (Å²) in [5.74, 6) is 1.23. The number of para-hydroxylation sites is 1. The number of carbonyl (C=O) groups is 1. The molecule has 1 amide bonds. The van der Waals surface area contributed by atoms with Crippen LogP contribution in [0.2, 0.25) is 0 Å². The van der Waals surface area contributed by atoms with Crippen LogP contribution >= 0.6 is 0 Å². The maximum Gasteiger partial charge on any atom is 0.248 e. The molecule has 0 unspecified atom stereocenters. The minimum absolute atomic E-state index is 0.165. The first kappa shape index (κ1) is 32.7. The quantitative estimate of drug-likeness (QED) is 0.182. The molecule has 234 valence electrons. The zero-order valence-electron chi connectivity index (χ0n) is 27.3. The number of likely N-dealkylation sites (N-methyl/N-ethyl adjacent to an activating group) is 3. The van der Waals surface area contributed by atoms with Gasteiger partial charge in [-0.3, -0.25) is 4.79 Å². The van der Waals surface area contributed by atoms with E-state index in [-0.39, 0.29) is 5.91 Å². The SMILES string of the molecule is CCCCN(C)C/C=C/C(=O)Nc1cc(Cc2nccc(-c3cn(C)c4ccccc34)n2)c(OC)cc1N(C)CCN(C)C. The number of rotatable bonds is 15. The van der Waals surface area contributed by atoms with Crippen molar-refractivity contribution in [2.45, 2.75) is 26.2 Å². The number of nitrogens with zero attached hydrogens (tertiary/aromatic N) is 6. The molecule has 0 saturated heterocycles. The number of anilines is 2. The van der Waals surface area contributed by atoms with Crippen LogP contribution in [-0.2, 0) is 18.3 Å². The van der Waals surface area contributed by atoms with Crippen LogP contribution in [0.4, 0.5) is 11.4 Å². The summed E-state index contributed by atoms with van der Waals surface area (Å²) in [6.07, 6.45) is 10.2. The lowest BCUT2D eigenvalue weighted by molar-refractivity contribution is -0.111.